The molecule has 0 spiro atoms. The summed E-state index contributed by atoms with van der Waals surface area (Å²) >= 11 is 0. The average molecular weight is 235 g/mol. The van der Waals surface area contributed by atoms with Crippen molar-refractivity contribution >= 4 is 0 Å². The minimum absolute atomic E-state index is 0.396. The van der Waals surface area contributed by atoms with Crippen molar-refractivity contribution in [3.63, 3.8) is 0 Å². The summed E-state index contributed by atoms with van der Waals surface area (Å²) in [7, 11) is 1.82. The summed E-state index contributed by atoms with van der Waals surface area (Å²) in [5.41, 5.74) is 1.31. The van der Waals surface area contributed by atoms with Crippen molar-refractivity contribution in [2.75, 3.05) is 7.11 Å². The number of ether oxygens (including phenoxy) is 1. The minimum atomic E-state index is 0.396. The summed E-state index contributed by atoms with van der Waals surface area (Å²) in [5.74, 6) is 0. The summed E-state index contributed by atoms with van der Waals surface area (Å²) in [6.07, 6.45) is 10.7. The Morgan fingerprint density at radius 3 is 3.06 bits per heavy atom. The van der Waals surface area contributed by atoms with Gasteiger partial charge in [0.15, 0.2) is 0 Å². The third-order valence-corrected chi connectivity index (χ3v) is 3.99. The molecular formula is C13H21N3O. The molecule has 0 radical (unpaired) electrons. The van der Waals surface area contributed by atoms with Crippen molar-refractivity contribution in [2.24, 2.45) is 0 Å². The van der Waals surface area contributed by atoms with Gasteiger partial charge >= 0.3 is 0 Å². The van der Waals surface area contributed by atoms with Crippen molar-refractivity contribution in [1.82, 2.24) is 14.9 Å². The highest BCUT2D eigenvalue weighted by atomic mass is 16.5. The van der Waals surface area contributed by atoms with E-state index in [1.165, 1.54) is 37.8 Å². The van der Waals surface area contributed by atoms with E-state index in [0.29, 0.717) is 12.1 Å². The largest absolute Gasteiger partial charge is 0.380 e. The Hall–Kier alpha value is -0.870. The molecule has 2 aliphatic rings. The lowest BCUT2D eigenvalue weighted by Crippen LogP contribution is -2.36. The second kappa shape index (κ2) is 4.78. The first-order valence-electron chi connectivity index (χ1n) is 6.65. The van der Waals surface area contributed by atoms with Crippen LogP contribution in [0.2, 0.25) is 0 Å². The maximum absolute atomic E-state index is 5.50. The van der Waals surface area contributed by atoms with Crippen LogP contribution in [0.5, 0.6) is 0 Å². The molecule has 4 nitrogen and oxygen atoms in total. The van der Waals surface area contributed by atoms with E-state index in [1.54, 1.807) is 0 Å². The molecule has 0 saturated heterocycles. The zero-order chi connectivity index (χ0) is 11.7. The lowest BCUT2D eigenvalue weighted by Gasteiger charge is -2.20. The number of aromatic nitrogens is 2. The van der Waals surface area contributed by atoms with Crippen LogP contribution in [0.15, 0.2) is 12.5 Å². The summed E-state index contributed by atoms with van der Waals surface area (Å²) in [6, 6.07) is 1.23. The van der Waals surface area contributed by atoms with E-state index in [9.17, 15) is 0 Å². The van der Waals surface area contributed by atoms with Crippen LogP contribution in [0, 0.1) is 0 Å². The molecule has 0 aromatic carbocycles. The summed E-state index contributed by atoms with van der Waals surface area (Å²) in [5, 5.41) is 3.62. The fourth-order valence-electron chi connectivity index (χ4n) is 2.83. The number of hydrogen-bond acceptors (Lipinski definition) is 3. The lowest BCUT2D eigenvalue weighted by molar-refractivity contribution is 0.0845. The Balaban J connectivity index is 1.57. The van der Waals surface area contributed by atoms with E-state index < -0.39 is 0 Å². The lowest BCUT2D eigenvalue weighted by atomic mass is 10.2. The van der Waals surface area contributed by atoms with Crippen LogP contribution in [0.25, 0.3) is 0 Å². The molecule has 0 aliphatic heterocycles. The fraction of sp³-hybridized carbons (Fsp3) is 0.769. The highest BCUT2D eigenvalue weighted by Gasteiger charge is 2.28. The predicted molar refractivity (Wildman–Crippen MR) is 65.8 cm³/mol. The van der Waals surface area contributed by atoms with Gasteiger partial charge in [-0.3, -0.25) is 0 Å². The van der Waals surface area contributed by atoms with Gasteiger partial charge in [0.05, 0.1) is 18.1 Å². The molecular weight excluding hydrogens is 214 g/mol. The fourth-order valence-corrected chi connectivity index (χ4v) is 2.83. The highest BCUT2D eigenvalue weighted by molar-refractivity contribution is 5.04. The molecule has 0 amide bonds. The number of hydrogen-bond donors (Lipinski definition) is 1. The van der Waals surface area contributed by atoms with Crippen molar-refractivity contribution in [1.29, 1.82) is 0 Å². The van der Waals surface area contributed by atoms with Crippen LogP contribution in [-0.2, 0) is 11.3 Å². The first kappa shape index (κ1) is 11.2. The smallest absolute Gasteiger partial charge is 0.0951 e. The molecule has 2 unspecified atom stereocenters. The molecule has 2 aliphatic carbocycles. The zero-order valence-corrected chi connectivity index (χ0v) is 10.4. The maximum Gasteiger partial charge on any atom is 0.0951 e. The summed E-state index contributed by atoms with van der Waals surface area (Å²) in [6.45, 7) is 0.918. The molecule has 3 rings (SSSR count). The number of rotatable bonds is 5. The quantitative estimate of drug-likeness (QED) is 0.847. The summed E-state index contributed by atoms with van der Waals surface area (Å²) < 4.78 is 7.82. The van der Waals surface area contributed by atoms with Gasteiger partial charge < -0.3 is 14.6 Å². The monoisotopic (exact) mass is 235 g/mol. The molecule has 17 heavy (non-hydrogen) atoms. The van der Waals surface area contributed by atoms with Crippen LogP contribution >= 0.6 is 0 Å². The van der Waals surface area contributed by atoms with E-state index >= 15 is 0 Å². The van der Waals surface area contributed by atoms with Gasteiger partial charge in [0.25, 0.3) is 0 Å². The Kier molecular flexibility index (Phi) is 3.16. The van der Waals surface area contributed by atoms with E-state index in [4.69, 9.17) is 4.74 Å². The topological polar surface area (TPSA) is 39.1 Å². The second-order valence-corrected chi connectivity index (χ2v) is 5.22. The third kappa shape index (κ3) is 2.38. The maximum atomic E-state index is 5.50. The van der Waals surface area contributed by atoms with Gasteiger partial charge in [-0.2, -0.15) is 0 Å². The Morgan fingerprint density at radius 2 is 2.29 bits per heavy atom. The SMILES string of the molecule is COC1CCCC1NCc1cncn1C1CC1. The highest BCUT2D eigenvalue weighted by Crippen LogP contribution is 2.35. The Morgan fingerprint density at radius 1 is 1.41 bits per heavy atom. The molecule has 1 N–H and O–H groups in total. The van der Waals surface area contributed by atoms with Crippen LogP contribution in [0.1, 0.15) is 43.8 Å². The molecule has 2 atom stereocenters. The van der Waals surface area contributed by atoms with E-state index in [1.807, 2.05) is 19.6 Å². The second-order valence-electron chi connectivity index (χ2n) is 5.22. The zero-order valence-electron chi connectivity index (χ0n) is 10.4. The van der Waals surface area contributed by atoms with Gasteiger partial charge in [-0.05, 0) is 32.1 Å². The number of imidazole rings is 1. The number of nitrogens with one attached hydrogen (secondary N) is 1. The first-order valence-corrected chi connectivity index (χ1v) is 6.65. The molecule has 1 heterocycles. The average Bonchev–Trinajstić information content (AvgIpc) is 2.93. The molecule has 1 aromatic heterocycles. The van der Waals surface area contributed by atoms with Crippen molar-refractivity contribution in [3.05, 3.63) is 18.2 Å². The molecule has 1 aromatic rings. The van der Waals surface area contributed by atoms with Crippen LogP contribution < -0.4 is 5.32 Å². The van der Waals surface area contributed by atoms with Crippen LogP contribution in [0.4, 0.5) is 0 Å². The van der Waals surface area contributed by atoms with Gasteiger partial charge in [-0.25, -0.2) is 4.98 Å². The van der Waals surface area contributed by atoms with Crippen molar-refractivity contribution in [2.45, 2.75) is 56.8 Å². The number of methoxy groups -OCH3 is 1. The van der Waals surface area contributed by atoms with Crippen LogP contribution in [-0.4, -0.2) is 28.8 Å². The molecule has 94 valence electrons. The number of nitrogens with zero attached hydrogens (tertiary/aromatic N) is 2. The molecule has 4 heteroatoms. The van der Waals surface area contributed by atoms with Crippen molar-refractivity contribution < 1.29 is 4.74 Å². The van der Waals surface area contributed by atoms with Gasteiger partial charge in [0.2, 0.25) is 0 Å². The Labute approximate surface area is 102 Å². The third-order valence-electron chi connectivity index (χ3n) is 3.99. The predicted octanol–water partition coefficient (Wildman–Crippen LogP) is 1.88. The van der Waals surface area contributed by atoms with E-state index in [0.717, 1.165) is 12.6 Å². The van der Waals surface area contributed by atoms with Gasteiger partial charge in [0.1, 0.15) is 0 Å². The van der Waals surface area contributed by atoms with Gasteiger partial charge in [-0.15, -0.1) is 0 Å². The molecule has 2 fully saturated rings. The molecule has 2 saturated carbocycles. The van der Waals surface area contributed by atoms with Gasteiger partial charge in [0, 0.05) is 31.9 Å². The Bertz CT molecular complexity index is 372. The van der Waals surface area contributed by atoms with E-state index in [-0.39, 0.29) is 0 Å². The first-order chi connectivity index (χ1) is 8.38. The summed E-state index contributed by atoms with van der Waals surface area (Å²) in [4.78, 5) is 4.26. The van der Waals surface area contributed by atoms with Crippen LogP contribution in [0.3, 0.4) is 0 Å². The standard InChI is InChI=1S/C13H21N3O/c1-17-13-4-2-3-12(13)15-8-11-7-14-9-16(11)10-5-6-10/h7,9-10,12-13,15H,2-6,8H2,1H3. The minimum Gasteiger partial charge on any atom is -0.380 e. The van der Waals surface area contributed by atoms with Gasteiger partial charge in [-0.1, -0.05) is 0 Å². The molecule has 0 bridgehead atoms. The normalized spacial score (nSPS) is 28.8. The van der Waals surface area contributed by atoms with Crippen molar-refractivity contribution in [3.8, 4) is 0 Å². The van der Waals surface area contributed by atoms with E-state index in [2.05, 4.69) is 14.9 Å².